The number of nitrogen functional groups attached to an aromatic ring is 1. The first-order valence-electron chi connectivity index (χ1n) is 3.68. The normalized spacial score (nSPS) is 11.4. The molecule has 0 fully saturated rings. The van der Waals surface area contributed by atoms with Gasteiger partial charge in [0.05, 0.1) is 0 Å². The number of aliphatic carboxylic acids is 1. The minimum absolute atomic E-state index is 0.0603. The van der Waals surface area contributed by atoms with Gasteiger partial charge in [0.2, 0.25) is 0 Å². The molecule has 0 aliphatic rings. The summed E-state index contributed by atoms with van der Waals surface area (Å²) in [6.45, 7) is 0. The van der Waals surface area contributed by atoms with Crippen LogP contribution in [0.15, 0.2) is 23.1 Å². The number of alkyl halides is 2. The molecule has 0 unspecified atom stereocenters. The van der Waals surface area contributed by atoms with Crippen molar-refractivity contribution in [2.45, 2.75) is 10.2 Å². The molecule has 0 atom stereocenters. The third kappa shape index (κ3) is 2.97. The Hall–Kier alpha value is -1.01. The number of carboxylic acids is 1. The molecule has 0 aliphatic carbocycles. The van der Waals surface area contributed by atoms with Crippen LogP contribution in [0.3, 0.4) is 0 Å². The molecule has 0 heterocycles. The second-order valence-electron chi connectivity index (χ2n) is 2.61. The molecule has 0 amide bonds. The van der Waals surface area contributed by atoms with Gasteiger partial charge in [-0.15, -0.1) is 0 Å². The summed E-state index contributed by atoms with van der Waals surface area (Å²) in [6, 6.07) is 3.96. The molecule has 3 nitrogen and oxygen atoms in total. The lowest BCUT2D eigenvalue weighted by Crippen LogP contribution is -2.23. The monoisotopic (exact) mass is 253 g/mol. The smallest absolute Gasteiger partial charge is 0.393 e. The van der Waals surface area contributed by atoms with Crippen LogP contribution >= 0.6 is 23.4 Å². The number of anilines is 1. The average molecular weight is 254 g/mol. The van der Waals surface area contributed by atoms with E-state index in [2.05, 4.69) is 0 Å². The third-order valence-corrected chi connectivity index (χ3v) is 2.70. The van der Waals surface area contributed by atoms with Crippen LogP contribution in [-0.2, 0) is 4.79 Å². The second-order valence-corrected chi connectivity index (χ2v) is 4.20. The fourth-order valence-corrected chi connectivity index (χ4v) is 1.75. The molecule has 82 valence electrons. The summed E-state index contributed by atoms with van der Waals surface area (Å²) in [5, 5.41) is 4.52. The maximum absolute atomic E-state index is 12.8. The van der Waals surface area contributed by atoms with Crippen molar-refractivity contribution in [2.24, 2.45) is 0 Å². The molecular formula is C8H6ClF2NO2S. The van der Waals surface area contributed by atoms with Crippen molar-refractivity contribution in [1.29, 1.82) is 0 Å². The molecule has 0 radical (unpaired) electrons. The summed E-state index contributed by atoms with van der Waals surface area (Å²) in [6.07, 6.45) is 0. The number of rotatable bonds is 3. The van der Waals surface area contributed by atoms with E-state index in [1.165, 1.54) is 18.2 Å². The zero-order valence-corrected chi connectivity index (χ0v) is 8.78. The van der Waals surface area contributed by atoms with Crippen molar-refractivity contribution in [1.82, 2.24) is 0 Å². The predicted molar refractivity (Wildman–Crippen MR) is 54.3 cm³/mol. The fraction of sp³-hybridized carbons (Fsp3) is 0.125. The van der Waals surface area contributed by atoms with Crippen LogP contribution in [-0.4, -0.2) is 16.3 Å². The Balaban J connectivity index is 2.99. The number of halogens is 3. The van der Waals surface area contributed by atoms with Gasteiger partial charge in [-0.05, 0) is 30.0 Å². The first kappa shape index (κ1) is 12.1. The van der Waals surface area contributed by atoms with Gasteiger partial charge >= 0.3 is 11.2 Å². The van der Waals surface area contributed by atoms with E-state index in [0.29, 0.717) is 0 Å². The largest absolute Gasteiger partial charge is 0.476 e. The van der Waals surface area contributed by atoms with E-state index in [1.54, 1.807) is 0 Å². The first-order valence-corrected chi connectivity index (χ1v) is 4.87. The highest BCUT2D eigenvalue weighted by atomic mass is 35.5. The van der Waals surface area contributed by atoms with Gasteiger partial charge in [0.1, 0.15) is 0 Å². The van der Waals surface area contributed by atoms with Crippen LogP contribution in [0.2, 0.25) is 5.02 Å². The summed E-state index contributed by atoms with van der Waals surface area (Å²) < 4.78 is 25.6. The Morgan fingerprint density at radius 2 is 2.13 bits per heavy atom. The fourth-order valence-electron chi connectivity index (χ4n) is 0.778. The quantitative estimate of drug-likeness (QED) is 0.642. The number of hydrogen-bond acceptors (Lipinski definition) is 3. The van der Waals surface area contributed by atoms with Crippen molar-refractivity contribution >= 4 is 35.0 Å². The molecule has 7 heteroatoms. The van der Waals surface area contributed by atoms with Crippen LogP contribution in [0.4, 0.5) is 14.5 Å². The highest BCUT2D eigenvalue weighted by Gasteiger charge is 2.40. The van der Waals surface area contributed by atoms with Gasteiger partial charge in [0, 0.05) is 15.6 Å². The number of benzene rings is 1. The van der Waals surface area contributed by atoms with Gasteiger partial charge in [-0.3, -0.25) is 0 Å². The topological polar surface area (TPSA) is 63.3 Å². The molecule has 0 saturated heterocycles. The van der Waals surface area contributed by atoms with Gasteiger partial charge in [0.25, 0.3) is 0 Å². The number of thioether (sulfide) groups is 1. The summed E-state index contributed by atoms with van der Waals surface area (Å²) in [4.78, 5) is 10.1. The van der Waals surface area contributed by atoms with Crippen LogP contribution in [0.5, 0.6) is 0 Å². The van der Waals surface area contributed by atoms with Gasteiger partial charge in [-0.25, -0.2) is 4.79 Å². The first-order chi connectivity index (χ1) is 6.83. The molecule has 0 aliphatic heterocycles. The molecular weight excluding hydrogens is 248 g/mol. The molecule has 15 heavy (non-hydrogen) atoms. The Kier molecular flexibility index (Phi) is 3.41. The van der Waals surface area contributed by atoms with E-state index < -0.39 is 11.2 Å². The van der Waals surface area contributed by atoms with Gasteiger partial charge < -0.3 is 10.8 Å². The summed E-state index contributed by atoms with van der Waals surface area (Å²) >= 11 is 5.42. The summed E-state index contributed by atoms with van der Waals surface area (Å²) in [5.41, 5.74) is 5.45. The number of carboxylic acid groups (broad SMARTS) is 1. The van der Waals surface area contributed by atoms with E-state index in [1.807, 2.05) is 0 Å². The minimum atomic E-state index is -3.92. The molecule has 0 saturated carbocycles. The third-order valence-electron chi connectivity index (χ3n) is 1.46. The molecule has 0 aromatic heterocycles. The lowest BCUT2D eigenvalue weighted by Gasteiger charge is -2.11. The van der Waals surface area contributed by atoms with Crippen molar-refractivity contribution in [3.05, 3.63) is 23.2 Å². The van der Waals surface area contributed by atoms with E-state index in [4.69, 9.17) is 22.4 Å². The van der Waals surface area contributed by atoms with Crippen LogP contribution < -0.4 is 5.73 Å². The van der Waals surface area contributed by atoms with Crippen molar-refractivity contribution < 1.29 is 18.7 Å². The summed E-state index contributed by atoms with van der Waals surface area (Å²) in [7, 11) is 0. The minimum Gasteiger partial charge on any atom is -0.476 e. The van der Waals surface area contributed by atoms with Gasteiger partial charge in [-0.2, -0.15) is 8.78 Å². The predicted octanol–water partition coefficient (Wildman–Crippen LogP) is 2.69. The Bertz CT molecular complexity index is 400. The molecule has 1 aromatic carbocycles. The number of carbonyl (C=O) groups is 1. The van der Waals surface area contributed by atoms with E-state index in [-0.39, 0.29) is 27.4 Å². The van der Waals surface area contributed by atoms with Gasteiger partial charge in [-0.1, -0.05) is 11.6 Å². The highest BCUT2D eigenvalue weighted by molar-refractivity contribution is 8.01. The highest BCUT2D eigenvalue weighted by Crippen LogP contribution is 2.39. The lowest BCUT2D eigenvalue weighted by molar-refractivity contribution is -0.152. The van der Waals surface area contributed by atoms with Crippen molar-refractivity contribution in [3.8, 4) is 0 Å². The Morgan fingerprint density at radius 3 is 2.67 bits per heavy atom. The molecule has 0 spiro atoms. The zero-order valence-electron chi connectivity index (χ0n) is 7.21. The SMILES string of the molecule is Nc1ccc(Cl)cc1SC(F)(F)C(=O)O. The maximum Gasteiger partial charge on any atom is 0.393 e. The van der Waals surface area contributed by atoms with Crippen molar-refractivity contribution in [2.75, 3.05) is 5.73 Å². The second kappa shape index (κ2) is 4.24. The molecule has 1 rings (SSSR count). The number of nitrogens with two attached hydrogens (primary N) is 1. The molecule has 0 bridgehead atoms. The van der Waals surface area contributed by atoms with Crippen LogP contribution in [0.1, 0.15) is 0 Å². The van der Waals surface area contributed by atoms with Gasteiger partial charge in [0.15, 0.2) is 0 Å². The zero-order chi connectivity index (χ0) is 11.6. The molecule has 3 N–H and O–H groups in total. The standard InChI is InChI=1S/C8H6ClF2NO2S/c9-4-1-2-5(12)6(3-4)15-8(10,11)7(13)14/h1-3H,12H2,(H,13,14). The van der Waals surface area contributed by atoms with E-state index in [9.17, 15) is 13.6 Å². The van der Waals surface area contributed by atoms with Crippen LogP contribution in [0, 0.1) is 0 Å². The Labute approximate surface area is 93.2 Å². The van der Waals surface area contributed by atoms with Crippen LogP contribution in [0.25, 0.3) is 0 Å². The average Bonchev–Trinajstić information content (AvgIpc) is 2.10. The van der Waals surface area contributed by atoms with E-state index >= 15 is 0 Å². The Morgan fingerprint density at radius 1 is 1.53 bits per heavy atom. The number of hydrogen-bond donors (Lipinski definition) is 2. The molecule has 1 aromatic rings. The van der Waals surface area contributed by atoms with Crippen molar-refractivity contribution in [3.63, 3.8) is 0 Å². The lowest BCUT2D eigenvalue weighted by atomic mass is 10.3. The maximum atomic E-state index is 12.8. The summed E-state index contributed by atoms with van der Waals surface area (Å²) in [5.74, 6) is -2.22. The van der Waals surface area contributed by atoms with E-state index in [0.717, 1.165) is 0 Å².